The van der Waals surface area contributed by atoms with Crippen molar-refractivity contribution in [3.05, 3.63) is 21.9 Å². The van der Waals surface area contributed by atoms with E-state index >= 15 is 0 Å². The van der Waals surface area contributed by atoms with Gasteiger partial charge in [0.1, 0.15) is 0 Å². The lowest BCUT2D eigenvalue weighted by molar-refractivity contribution is -0.134. The first-order chi connectivity index (χ1) is 12.6. The van der Waals surface area contributed by atoms with Gasteiger partial charge in [0.25, 0.3) is 0 Å². The van der Waals surface area contributed by atoms with Crippen molar-refractivity contribution in [3.8, 4) is 0 Å². The van der Waals surface area contributed by atoms with Gasteiger partial charge in [0.05, 0.1) is 0 Å². The second-order valence-corrected chi connectivity index (χ2v) is 9.21. The van der Waals surface area contributed by atoms with Crippen molar-refractivity contribution in [2.45, 2.75) is 70.0 Å². The molecule has 5 nitrogen and oxygen atoms in total. The first kappa shape index (κ1) is 20.6. The van der Waals surface area contributed by atoms with Crippen LogP contribution in [0.25, 0.3) is 0 Å². The van der Waals surface area contributed by atoms with Crippen molar-refractivity contribution in [2.24, 2.45) is 17.6 Å². The third-order valence-corrected chi connectivity index (χ3v) is 7.45. The second kappa shape index (κ2) is 8.93. The number of thiophene rings is 1. The molecule has 1 aliphatic heterocycles. The number of amides is 2. The van der Waals surface area contributed by atoms with E-state index in [-0.39, 0.29) is 30.3 Å². The van der Waals surface area contributed by atoms with Crippen LogP contribution >= 0.6 is 23.7 Å². The molecule has 0 spiro atoms. The number of fused-ring (bicyclic) bond motifs is 3. The maximum atomic E-state index is 12.5. The number of rotatable bonds is 4. The van der Waals surface area contributed by atoms with Gasteiger partial charge in [-0.2, -0.15) is 0 Å². The number of nitrogens with two attached hydrogens (primary N) is 1. The molecule has 1 aromatic rings. The van der Waals surface area contributed by atoms with Gasteiger partial charge in [-0.25, -0.2) is 0 Å². The van der Waals surface area contributed by atoms with Gasteiger partial charge in [0, 0.05) is 42.9 Å². The largest absolute Gasteiger partial charge is 0.353 e. The van der Waals surface area contributed by atoms with Crippen LogP contribution in [0.5, 0.6) is 0 Å². The van der Waals surface area contributed by atoms with Crippen LogP contribution in [0.1, 0.15) is 55.4 Å². The van der Waals surface area contributed by atoms with Gasteiger partial charge in [-0.3, -0.25) is 9.59 Å². The van der Waals surface area contributed by atoms with Gasteiger partial charge in [0.15, 0.2) is 0 Å². The zero-order valence-electron chi connectivity index (χ0n) is 15.7. The van der Waals surface area contributed by atoms with Crippen molar-refractivity contribution in [1.29, 1.82) is 0 Å². The molecule has 2 unspecified atom stereocenters. The molecule has 2 amide bonds. The fraction of sp³-hybridized carbons (Fsp3) is 0.700. The molecule has 3 aliphatic rings. The predicted molar refractivity (Wildman–Crippen MR) is 110 cm³/mol. The Morgan fingerprint density at radius 1 is 1.22 bits per heavy atom. The zero-order valence-corrected chi connectivity index (χ0v) is 17.3. The maximum Gasteiger partial charge on any atom is 0.223 e. The first-order valence-corrected chi connectivity index (χ1v) is 10.9. The minimum Gasteiger partial charge on any atom is -0.353 e. The van der Waals surface area contributed by atoms with Crippen molar-refractivity contribution < 1.29 is 9.59 Å². The molecule has 2 atom stereocenters. The molecular weight excluding hydrogens is 382 g/mol. The first-order valence-electron chi connectivity index (χ1n) is 9.98. The van der Waals surface area contributed by atoms with Gasteiger partial charge in [-0.15, -0.1) is 23.7 Å². The highest BCUT2D eigenvalue weighted by Crippen LogP contribution is 2.39. The van der Waals surface area contributed by atoms with Crippen LogP contribution in [0, 0.1) is 11.8 Å². The fourth-order valence-corrected chi connectivity index (χ4v) is 6.01. The topological polar surface area (TPSA) is 75.4 Å². The molecule has 27 heavy (non-hydrogen) atoms. The Kier molecular flexibility index (Phi) is 6.82. The Bertz CT molecular complexity index is 666. The van der Waals surface area contributed by atoms with E-state index in [0.717, 1.165) is 25.8 Å². The number of nitrogens with one attached hydrogen (secondary N) is 1. The van der Waals surface area contributed by atoms with Gasteiger partial charge in [-0.05, 0) is 60.9 Å². The van der Waals surface area contributed by atoms with Crippen LogP contribution < -0.4 is 11.1 Å². The molecule has 1 aromatic heterocycles. The molecule has 2 bridgehead atoms. The molecular formula is C20H30ClN3O2S. The summed E-state index contributed by atoms with van der Waals surface area (Å²) in [5, 5.41) is 5.34. The van der Waals surface area contributed by atoms with E-state index < -0.39 is 0 Å². The lowest BCUT2D eigenvalue weighted by Gasteiger charge is -2.45. The predicted octanol–water partition coefficient (Wildman–Crippen LogP) is 2.86. The summed E-state index contributed by atoms with van der Waals surface area (Å²) in [6.45, 7) is 1.47. The van der Waals surface area contributed by atoms with Gasteiger partial charge >= 0.3 is 0 Å². The normalized spacial score (nSPS) is 29.4. The molecule has 2 aliphatic carbocycles. The molecule has 2 saturated carbocycles. The summed E-state index contributed by atoms with van der Waals surface area (Å²) < 4.78 is 0. The third kappa shape index (κ3) is 4.66. The molecule has 0 radical (unpaired) electrons. The van der Waals surface area contributed by atoms with Crippen LogP contribution in [0.4, 0.5) is 0 Å². The molecule has 4 rings (SSSR count). The van der Waals surface area contributed by atoms with E-state index in [2.05, 4.69) is 16.8 Å². The maximum absolute atomic E-state index is 12.5. The van der Waals surface area contributed by atoms with E-state index in [1.165, 1.54) is 29.7 Å². The Labute approximate surface area is 171 Å². The average molecular weight is 412 g/mol. The minimum absolute atomic E-state index is 0. The SMILES string of the molecule is Cl.NC1CC2CCCC(C1)C2NC(=O)CCC(=O)N1CCc2sccc2C1. The highest BCUT2D eigenvalue weighted by atomic mass is 35.5. The summed E-state index contributed by atoms with van der Waals surface area (Å²) in [5.74, 6) is 1.18. The Morgan fingerprint density at radius 2 is 1.96 bits per heavy atom. The van der Waals surface area contributed by atoms with Crippen LogP contribution in [0.3, 0.4) is 0 Å². The third-order valence-electron chi connectivity index (χ3n) is 6.43. The summed E-state index contributed by atoms with van der Waals surface area (Å²) in [5.41, 5.74) is 7.43. The number of hydrogen-bond donors (Lipinski definition) is 2. The second-order valence-electron chi connectivity index (χ2n) is 8.21. The molecule has 0 saturated heterocycles. The van der Waals surface area contributed by atoms with Gasteiger partial charge in [0.2, 0.25) is 11.8 Å². The quantitative estimate of drug-likeness (QED) is 0.799. The lowest BCUT2D eigenvalue weighted by atomic mass is 9.67. The van der Waals surface area contributed by atoms with Crippen LogP contribution in [-0.2, 0) is 22.6 Å². The number of hydrogen-bond acceptors (Lipinski definition) is 4. The summed E-state index contributed by atoms with van der Waals surface area (Å²) in [4.78, 5) is 28.3. The molecule has 3 N–H and O–H groups in total. The number of carbonyl (C=O) groups excluding carboxylic acids is 2. The van der Waals surface area contributed by atoms with E-state index in [1.54, 1.807) is 11.3 Å². The number of nitrogens with zero attached hydrogens (tertiary/aromatic N) is 1. The van der Waals surface area contributed by atoms with E-state index in [1.807, 2.05) is 4.90 Å². The fourth-order valence-electron chi connectivity index (χ4n) is 5.12. The summed E-state index contributed by atoms with van der Waals surface area (Å²) >= 11 is 1.77. The van der Waals surface area contributed by atoms with Crippen LogP contribution in [0.15, 0.2) is 11.4 Å². The summed E-state index contributed by atoms with van der Waals surface area (Å²) in [6, 6.07) is 2.68. The number of halogens is 1. The average Bonchev–Trinajstić information content (AvgIpc) is 3.08. The highest BCUT2D eigenvalue weighted by molar-refractivity contribution is 7.10. The summed E-state index contributed by atoms with van der Waals surface area (Å²) in [6.07, 6.45) is 7.20. The molecule has 0 aromatic carbocycles. The van der Waals surface area contributed by atoms with Gasteiger partial charge < -0.3 is 16.0 Å². The van der Waals surface area contributed by atoms with Crippen molar-refractivity contribution in [2.75, 3.05) is 6.54 Å². The van der Waals surface area contributed by atoms with Crippen LogP contribution in [-0.4, -0.2) is 35.3 Å². The Hall–Kier alpha value is -1.11. The van der Waals surface area contributed by atoms with Crippen LogP contribution in [0.2, 0.25) is 0 Å². The minimum atomic E-state index is 0. The van der Waals surface area contributed by atoms with Crippen molar-refractivity contribution in [1.82, 2.24) is 10.2 Å². The Morgan fingerprint density at radius 3 is 2.70 bits per heavy atom. The lowest BCUT2D eigenvalue weighted by Crippen LogP contribution is -2.53. The van der Waals surface area contributed by atoms with Crippen molar-refractivity contribution in [3.63, 3.8) is 0 Å². The number of carbonyl (C=O) groups is 2. The van der Waals surface area contributed by atoms with Crippen molar-refractivity contribution >= 4 is 35.6 Å². The Balaban J connectivity index is 0.00000210. The molecule has 150 valence electrons. The smallest absolute Gasteiger partial charge is 0.223 e. The monoisotopic (exact) mass is 411 g/mol. The zero-order chi connectivity index (χ0) is 18.1. The molecule has 7 heteroatoms. The van der Waals surface area contributed by atoms with E-state index in [9.17, 15) is 9.59 Å². The molecule has 2 heterocycles. The highest BCUT2D eigenvalue weighted by Gasteiger charge is 2.39. The van der Waals surface area contributed by atoms with Gasteiger partial charge in [-0.1, -0.05) is 6.42 Å². The van der Waals surface area contributed by atoms with E-state index in [0.29, 0.717) is 37.3 Å². The summed E-state index contributed by atoms with van der Waals surface area (Å²) in [7, 11) is 0. The van der Waals surface area contributed by atoms with E-state index in [4.69, 9.17) is 5.73 Å². The standard InChI is InChI=1S/C20H29N3O2S.ClH/c21-16-10-13-2-1-3-14(11-16)20(13)22-18(24)4-5-19(25)23-8-6-17-15(12-23)7-9-26-17;/h7,9,13-14,16,20H,1-6,8,10-12,21H2,(H,22,24);1H. The molecule has 2 fully saturated rings.